The molecule has 0 radical (unpaired) electrons. The van der Waals surface area contributed by atoms with Crippen LogP contribution in [-0.2, 0) is 16.6 Å². The number of anilines is 1. The van der Waals surface area contributed by atoms with Crippen molar-refractivity contribution >= 4 is 31.8 Å². The molecule has 22 heavy (non-hydrogen) atoms. The number of nitrogens with one attached hydrogen (secondary N) is 1. The van der Waals surface area contributed by atoms with Crippen molar-refractivity contribution in [3.63, 3.8) is 0 Å². The van der Waals surface area contributed by atoms with Crippen molar-refractivity contribution in [2.75, 3.05) is 10.5 Å². The summed E-state index contributed by atoms with van der Waals surface area (Å²) in [5.74, 6) is 0.0359. The van der Waals surface area contributed by atoms with Crippen molar-refractivity contribution in [3.05, 3.63) is 46.3 Å². The van der Waals surface area contributed by atoms with Crippen LogP contribution < -0.4 is 4.72 Å². The molecule has 2 rings (SSSR count). The first-order valence-electron chi connectivity index (χ1n) is 6.87. The summed E-state index contributed by atoms with van der Waals surface area (Å²) in [5, 5.41) is 4.21. The van der Waals surface area contributed by atoms with Gasteiger partial charge in [-0.2, -0.15) is 5.10 Å². The van der Waals surface area contributed by atoms with E-state index >= 15 is 0 Å². The Morgan fingerprint density at radius 2 is 2.00 bits per heavy atom. The van der Waals surface area contributed by atoms with Crippen LogP contribution in [0.4, 0.5) is 10.2 Å². The fraction of sp³-hybridized carbons (Fsp3) is 0.357. The predicted octanol–water partition coefficient (Wildman–Crippen LogP) is 3.37. The molecule has 0 amide bonds. The van der Waals surface area contributed by atoms with Crippen LogP contribution in [0, 0.1) is 5.82 Å². The summed E-state index contributed by atoms with van der Waals surface area (Å²) in [6.07, 6.45) is 3.09. The first-order chi connectivity index (χ1) is 10.4. The van der Waals surface area contributed by atoms with Gasteiger partial charge in [-0.1, -0.05) is 25.5 Å². The summed E-state index contributed by atoms with van der Waals surface area (Å²) in [7, 11) is -3.39. The third-order valence-corrected chi connectivity index (χ3v) is 4.90. The predicted molar refractivity (Wildman–Crippen MR) is 87.7 cm³/mol. The maximum Gasteiger partial charge on any atom is 0.233 e. The molecular formula is C14H17BrFN3O2S. The van der Waals surface area contributed by atoms with Crippen LogP contribution in [0.15, 0.2) is 34.9 Å². The van der Waals surface area contributed by atoms with E-state index in [0.29, 0.717) is 17.4 Å². The number of halogens is 2. The van der Waals surface area contributed by atoms with Crippen LogP contribution >= 0.6 is 15.9 Å². The molecule has 0 bridgehead atoms. The second kappa shape index (κ2) is 7.23. The maximum absolute atomic E-state index is 12.9. The van der Waals surface area contributed by atoms with Gasteiger partial charge in [0.25, 0.3) is 0 Å². The number of rotatable bonds is 7. The first-order valence-corrected chi connectivity index (χ1v) is 9.32. The highest BCUT2D eigenvalue weighted by molar-refractivity contribution is 9.10. The molecule has 2 aromatic rings. The Labute approximate surface area is 137 Å². The molecule has 0 atom stereocenters. The summed E-state index contributed by atoms with van der Waals surface area (Å²) >= 11 is 3.29. The van der Waals surface area contributed by atoms with Crippen molar-refractivity contribution in [1.29, 1.82) is 0 Å². The van der Waals surface area contributed by atoms with E-state index in [9.17, 15) is 12.8 Å². The van der Waals surface area contributed by atoms with Crippen molar-refractivity contribution in [1.82, 2.24) is 9.78 Å². The van der Waals surface area contributed by atoms with Gasteiger partial charge in [0, 0.05) is 6.20 Å². The number of hydrogen-bond donors (Lipinski definition) is 1. The van der Waals surface area contributed by atoms with Crippen LogP contribution in [0.1, 0.15) is 25.3 Å². The fourth-order valence-electron chi connectivity index (χ4n) is 1.86. The highest BCUT2D eigenvalue weighted by Crippen LogP contribution is 2.22. The van der Waals surface area contributed by atoms with Gasteiger partial charge in [-0.05, 0) is 40.0 Å². The highest BCUT2D eigenvalue weighted by atomic mass is 79.9. The SMILES string of the molecule is CCCCS(=O)(=O)Nc1nn(Cc2ccc(F)cc2)cc1Br. The zero-order valence-corrected chi connectivity index (χ0v) is 14.5. The van der Waals surface area contributed by atoms with Crippen molar-refractivity contribution in [2.24, 2.45) is 0 Å². The molecule has 1 aromatic heterocycles. The summed E-state index contributed by atoms with van der Waals surface area (Å²) in [6, 6.07) is 6.08. The Hall–Kier alpha value is -1.41. The van der Waals surface area contributed by atoms with Crippen LogP contribution in [0.3, 0.4) is 0 Å². The molecule has 120 valence electrons. The summed E-state index contributed by atoms with van der Waals surface area (Å²) in [4.78, 5) is 0. The van der Waals surface area contributed by atoms with Gasteiger partial charge in [-0.25, -0.2) is 12.8 Å². The quantitative estimate of drug-likeness (QED) is 0.789. The number of hydrogen-bond acceptors (Lipinski definition) is 3. The molecule has 0 aliphatic carbocycles. The van der Waals surface area contributed by atoms with Gasteiger partial charge in [-0.15, -0.1) is 0 Å². The van der Waals surface area contributed by atoms with Crippen molar-refractivity contribution < 1.29 is 12.8 Å². The maximum atomic E-state index is 12.9. The number of sulfonamides is 1. The molecule has 0 unspecified atom stereocenters. The van der Waals surface area contributed by atoms with E-state index in [1.54, 1.807) is 23.0 Å². The monoisotopic (exact) mass is 389 g/mol. The van der Waals surface area contributed by atoms with Gasteiger partial charge in [0.2, 0.25) is 10.0 Å². The third kappa shape index (κ3) is 4.81. The first kappa shape index (κ1) is 17.0. The lowest BCUT2D eigenvalue weighted by molar-refractivity contribution is 0.597. The lowest BCUT2D eigenvalue weighted by Crippen LogP contribution is -2.17. The average Bonchev–Trinajstić information content (AvgIpc) is 2.78. The largest absolute Gasteiger partial charge is 0.265 e. The minimum absolute atomic E-state index is 0.0702. The lowest BCUT2D eigenvalue weighted by atomic mass is 10.2. The average molecular weight is 390 g/mol. The number of unbranched alkanes of at least 4 members (excludes halogenated alkanes) is 1. The fourth-order valence-corrected chi connectivity index (χ4v) is 3.62. The topological polar surface area (TPSA) is 64.0 Å². The van der Waals surface area contributed by atoms with Crippen LogP contribution in [0.5, 0.6) is 0 Å². The van der Waals surface area contributed by atoms with Crippen LogP contribution in [-0.4, -0.2) is 24.0 Å². The second-order valence-electron chi connectivity index (χ2n) is 4.92. The van der Waals surface area contributed by atoms with Gasteiger partial charge in [0.1, 0.15) is 5.82 Å². The van der Waals surface area contributed by atoms with Gasteiger partial charge in [-0.3, -0.25) is 9.40 Å². The standard InChI is InChI=1S/C14H17BrFN3O2S/c1-2-3-8-22(20,21)18-14-13(15)10-19(17-14)9-11-4-6-12(16)7-5-11/h4-7,10H,2-3,8-9H2,1H3,(H,17,18). The molecule has 8 heteroatoms. The highest BCUT2D eigenvalue weighted by Gasteiger charge is 2.15. The molecule has 1 aromatic carbocycles. The smallest absolute Gasteiger partial charge is 0.233 e. The van der Waals surface area contributed by atoms with E-state index in [-0.39, 0.29) is 17.4 Å². The lowest BCUT2D eigenvalue weighted by Gasteiger charge is -2.05. The Morgan fingerprint density at radius 3 is 2.64 bits per heavy atom. The Morgan fingerprint density at radius 1 is 1.32 bits per heavy atom. The Bertz CT molecular complexity index is 729. The molecule has 0 aliphatic rings. The van der Waals surface area contributed by atoms with E-state index in [2.05, 4.69) is 25.8 Å². The zero-order valence-electron chi connectivity index (χ0n) is 12.1. The molecule has 0 saturated heterocycles. The van der Waals surface area contributed by atoms with Crippen molar-refractivity contribution in [2.45, 2.75) is 26.3 Å². The Kier molecular flexibility index (Phi) is 5.57. The van der Waals surface area contributed by atoms with Gasteiger partial charge in [0.05, 0.1) is 16.8 Å². The van der Waals surface area contributed by atoms with E-state index < -0.39 is 10.0 Å². The molecule has 0 saturated carbocycles. The van der Waals surface area contributed by atoms with E-state index in [4.69, 9.17) is 0 Å². The number of nitrogens with zero attached hydrogens (tertiary/aromatic N) is 2. The second-order valence-corrected chi connectivity index (χ2v) is 7.62. The number of benzene rings is 1. The molecule has 0 fully saturated rings. The minimum atomic E-state index is -3.39. The third-order valence-electron chi connectivity index (χ3n) is 2.99. The van der Waals surface area contributed by atoms with E-state index in [0.717, 1.165) is 12.0 Å². The van der Waals surface area contributed by atoms with Gasteiger partial charge >= 0.3 is 0 Å². The normalized spacial score (nSPS) is 11.6. The minimum Gasteiger partial charge on any atom is -0.265 e. The van der Waals surface area contributed by atoms with Crippen LogP contribution in [0.2, 0.25) is 0 Å². The molecule has 1 N–H and O–H groups in total. The Balaban J connectivity index is 2.09. The summed E-state index contributed by atoms with van der Waals surface area (Å²) in [5.41, 5.74) is 0.872. The van der Waals surface area contributed by atoms with E-state index in [1.807, 2.05) is 6.92 Å². The van der Waals surface area contributed by atoms with Crippen LogP contribution in [0.25, 0.3) is 0 Å². The van der Waals surface area contributed by atoms with Crippen molar-refractivity contribution in [3.8, 4) is 0 Å². The molecular weight excluding hydrogens is 373 g/mol. The zero-order chi connectivity index (χ0) is 16.2. The van der Waals surface area contributed by atoms with Gasteiger partial charge < -0.3 is 0 Å². The van der Waals surface area contributed by atoms with E-state index in [1.165, 1.54) is 12.1 Å². The van der Waals surface area contributed by atoms with Gasteiger partial charge in [0.15, 0.2) is 5.82 Å². The molecule has 1 heterocycles. The molecule has 5 nitrogen and oxygen atoms in total. The molecule has 0 spiro atoms. The molecule has 0 aliphatic heterocycles. The summed E-state index contributed by atoms with van der Waals surface area (Å²) < 4.78 is 41.3. The summed E-state index contributed by atoms with van der Waals surface area (Å²) in [6.45, 7) is 2.36. The number of aromatic nitrogens is 2.